The van der Waals surface area contributed by atoms with E-state index in [9.17, 15) is 9.59 Å². The van der Waals surface area contributed by atoms with Gasteiger partial charge < -0.3 is 10.2 Å². The average Bonchev–Trinajstić information content (AvgIpc) is 2.04. The standard InChI is InChI=1S/C7H7NO4/c9-6(10)4-2-1-3-8-5(4)7(11)12/h3H,1-2H2,(H,9,10)(H,11,12). The summed E-state index contributed by atoms with van der Waals surface area (Å²) < 4.78 is 0. The highest BCUT2D eigenvalue weighted by atomic mass is 16.4. The Bertz CT molecular complexity index is 290. The molecule has 0 radical (unpaired) electrons. The van der Waals surface area contributed by atoms with Gasteiger partial charge in [-0.1, -0.05) is 0 Å². The Kier molecular flexibility index (Phi) is 2.23. The lowest BCUT2D eigenvalue weighted by atomic mass is 10.1. The van der Waals surface area contributed by atoms with Crippen molar-refractivity contribution in [2.45, 2.75) is 12.8 Å². The van der Waals surface area contributed by atoms with Crippen LogP contribution >= 0.6 is 0 Å². The molecule has 1 aliphatic rings. The van der Waals surface area contributed by atoms with Gasteiger partial charge in [-0.15, -0.1) is 0 Å². The zero-order chi connectivity index (χ0) is 9.14. The fourth-order valence-corrected chi connectivity index (χ4v) is 0.954. The molecule has 0 fully saturated rings. The van der Waals surface area contributed by atoms with Crippen molar-refractivity contribution in [2.75, 3.05) is 0 Å². The van der Waals surface area contributed by atoms with Crippen molar-refractivity contribution < 1.29 is 19.8 Å². The van der Waals surface area contributed by atoms with Crippen LogP contribution in [0.4, 0.5) is 0 Å². The van der Waals surface area contributed by atoms with Gasteiger partial charge in [0.15, 0.2) is 5.70 Å². The van der Waals surface area contributed by atoms with Crippen LogP contribution in [-0.4, -0.2) is 28.4 Å². The highest BCUT2D eigenvalue weighted by Crippen LogP contribution is 2.16. The lowest BCUT2D eigenvalue weighted by Crippen LogP contribution is -2.13. The smallest absolute Gasteiger partial charge is 0.355 e. The molecule has 0 amide bonds. The Morgan fingerprint density at radius 1 is 1.33 bits per heavy atom. The number of carbonyl (C=O) groups is 2. The summed E-state index contributed by atoms with van der Waals surface area (Å²) in [6.45, 7) is 0. The van der Waals surface area contributed by atoms with E-state index in [1.165, 1.54) is 6.21 Å². The van der Waals surface area contributed by atoms with Gasteiger partial charge in [0.25, 0.3) is 0 Å². The van der Waals surface area contributed by atoms with Crippen molar-refractivity contribution in [1.29, 1.82) is 0 Å². The van der Waals surface area contributed by atoms with Crippen LogP contribution in [0, 0.1) is 0 Å². The number of aliphatic carboxylic acids is 2. The van der Waals surface area contributed by atoms with Crippen LogP contribution in [0.15, 0.2) is 16.3 Å². The summed E-state index contributed by atoms with van der Waals surface area (Å²) in [5.41, 5.74) is -0.473. The molecule has 0 bridgehead atoms. The van der Waals surface area contributed by atoms with E-state index in [-0.39, 0.29) is 17.7 Å². The summed E-state index contributed by atoms with van der Waals surface area (Å²) >= 11 is 0. The molecular formula is C7H7NO4. The van der Waals surface area contributed by atoms with Crippen molar-refractivity contribution in [3.8, 4) is 0 Å². The maximum absolute atomic E-state index is 10.5. The van der Waals surface area contributed by atoms with E-state index in [1.807, 2.05) is 0 Å². The molecule has 5 heteroatoms. The van der Waals surface area contributed by atoms with E-state index in [0.29, 0.717) is 6.42 Å². The minimum atomic E-state index is -1.29. The summed E-state index contributed by atoms with van der Waals surface area (Å²) in [4.78, 5) is 24.4. The van der Waals surface area contributed by atoms with Gasteiger partial charge in [-0.2, -0.15) is 0 Å². The lowest BCUT2D eigenvalue weighted by Gasteiger charge is -2.07. The third kappa shape index (κ3) is 1.50. The Labute approximate surface area is 68.0 Å². The van der Waals surface area contributed by atoms with Gasteiger partial charge in [0.05, 0.1) is 5.57 Å². The molecule has 0 spiro atoms. The maximum Gasteiger partial charge on any atom is 0.355 e. The molecule has 0 aromatic rings. The second kappa shape index (κ2) is 3.17. The normalized spacial score (nSPS) is 16.3. The third-order valence-corrected chi connectivity index (χ3v) is 1.49. The maximum atomic E-state index is 10.5. The van der Waals surface area contributed by atoms with Crippen LogP contribution in [-0.2, 0) is 9.59 Å². The van der Waals surface area contributed by atoms with Crippen molar-refractivity contribution in [3.05, 3.63) is 11.3 Å². The van der Waals surface area contributed by atoms with Gasteiger partial charge in [-0.05, 0) is 12.8 Å². The number of carboxylic acid groups (broad SMARTS) is 2. The van der Waals surface area contributed by atoms with Gasteiger partial charge >= 0.3 is 11.9 Å². The van der Waals surface area contributed by atoms with Crippen LogP contribution in [0.1, 0.15) is 12.8 Å². The first-order chi connectivity index (χ1) is 5.63. The number of aliphatic imine (C=N–C) groups is 1. The molecule has 0 atom stereocenters. The molecule has 1 rings (SSSR count). The molecule has 12 heavy (non-hydrogen) atoms. The van der Waals surface area contributed by atoms with Crippen molar-refractivity contribution in [1.82, 2.24) is 0 Å². The summed E-state index contributed by atoms with van der Waals surface area (Å²) in [5.74, 6) is -2.49. The number of nitrogens with zero attached hydrogens (tertiary/aromatic N) is 1. The van der Waals surface area contributed by atoms with Crippen LogP contribution in [0.5, 0.6) is 0 Å². The molecule has 1 aliphatic heterocycles. The number of rotatable bonds is 2. The van der Waals surface area contributed by atoms with Gasteiger partial charge in [-0.25, -0.2) is 9.59 Å². The Morgan fingerprint density at radius 2 is 2.00 bits per heavy atom. The molecule has 0 saturated heterocycles. The zero-order valence-corrected chi connectivity index (χ0v) is 6.15. The van der Waals surface area contributed by atoms with Gasteiger partial charge in [0, 0.05) is 6.21 Å². The minimum absolute atomic E-state index is 0.120. The predicted molar refractivity (Wildman–Crippen MR) is 40.0 cm³/mol. The molecule has 5 nitrogen and oxygen atoms in total. The molecular weight excluding hydrogens is 162 g/mol. The van der Waals surface area contributed by atoms with E-state index in [0.717, 1.165) is 0 Å². The summed E-state index contributed by atoms with van der Waals surface area (Å²) in [6, 6.07) is 0. The highest BCUT2D eigenvalue weighted by molar-refractivity contribution is 6.00. The minimum Gasteiger partial charge on any atom is -0.478 e. The fraction of sp³-hybridized carbons (Fsp3) is 0.286. The molecule has 0 aliphatic carbocycles. The Hall–Kier alpha value is -1.65. The van der Waals surface area contributed by atoms with Crippen LogP contribution in [0.2, 0.25) is 0 Å². The zero-order valence-electron chi connectivity index (χ0n) is 6.15. The first-order valence-electron chi connectivity index (χ1n) is 3.35. The predicted octanol–water partition coefficient (Wildman–Crippen LogP) is 0.274. The molecule has 0 aromatic carbocycles. The summed E-state index contributed by atoms with van der Waals surface area (Å²) in [7, 11) is 0. The first kappa shape index (κ1) is 8.45. The second-order valence-corrected chi connectivity index (χ2v) is 2.29. The molecule has 1 heterocycles. The van der Waals surface area contributed by atoms with E-state index in [1.54, 1.807) is 0 Å². The SMILES string of the molecule is O=C(O)C1=C(C(=O)O)N=CCC1. The average molecular weight is 169 g/mol. The highest BCUT2D eigenvalue weighted by Gasteiger charge is 2.20. The Morgan fingerprint density at radius 3 is 2.42 bits per heavy atom. The summed E-state index contributed by atoms with van der Waals surface area (Å²) in [5, 5.41) is 17.1. The lowest BCUT2D eigenvalue weighted by molar-refractivity contribution is -0.136. The topological polar surface area (TPSA) is 87.0 Å². The van der Waals surface area contributed by atoms with E-state index in [4.69, 9.17) is 10.2 Å². The van der Waals surface area contributed by atoms with E-state index < -0.39 is 11.9 Å². The van der Waals surface area contributed by atoms with Crippen molar-refractivity contribution >= 4 is 18.2 Å². The van der Waals surface area contributed by atoms with E-state index >= 15 is 0 Å². The van der Waals surface area contributed by atoms with Crippen LogP contribution in [0.3, 0.4) is 0 Å². The van der Waals surface area contributed by atoms with Gasteiger partial charge in [0.2, 0.25) is 0 Å². The van der Waals surface area contributed by atoms with Gasteiger partial charge in [-0.3, -0.25) is 4.99 Å². The molecule has 0 saturated carbocycles. The number of carboxylic acids is 2. The monoisotopic (exact) mass is 169 g/mol. The molecule has 64 valence electrons. The van der Waals surface area contributed by atoms with Crippen LogP contribution < -0.4 is 0 Å². The fourth-order valence-electron chi connectivity index (χ4n) is 0.954. The molecule has 2 N–H and O–H groups in total. The molecule has 0 unspecified atom stereocenters. The quantitative estimate of drug-likeness (QED) is 0.621. The van der Waals surface area contributed by atoms with Crippen molar-refractivity contribution in [3.63, 3.8) is 0 Å². The first-order valence-corrected chi connectivity index (χ1v) is 3.35. The number of hydrogen-bond acceptors (Lipinski definition) is 3. The third-order valence-electron chi connectivity index (χ3n) is 1.49. The number of hydrogen-bond donors (Lipinski definition) is 2. The van der Waals surface area contributed by atoms with E-state index in [2.05, 4.69) is 4.99 Å². The van der Waals surface area contributed by atoms with Crippen LogP contribution in [0.25, 0.3) is 0 Å². The summed E-state index contributed by atoms with van der Waals surface area (Å²) in [6.07, 6.45) is 2.13. The van der Waals surface area contributed by atoms with Gasteiger partial charge in [0.1, 0.15) is 0 Å². The molecule has 0 aromatic heterocycles. The van der Waals surface area contributed by atoms with Crippen molar-refractivity contribution in [2.24, 2.45) is 4.99 Å². The Balaban J connectivity index is 3.08. The largest absolute Gasteiger partial charge is 0.478 e. The second-order valence-electron chi connectivity index (χ2n) is 2.29.